The minimum atomic E-state index is 0. The first-order chi connectivity index (χ1) is 10.6. The smallest absolute Gasteiger partial charge is 0.224 e. The van der Waals surface area contributed by atoms with Crippen LogP contribution in [0.15, 0.2) is 54.9 Å². The SMILES string of the molecule is CC(C)c1ccc(NC(=O)CCCC[n+]2ccccc2)cc1.[Br-]. The van der Waals surface area contributed by atoms with Crippen LogP contribution in [0.3, 0.4) is 0 Å². The number of carbonyl (C=O) groups is 1. The Kier molecular flexibility index (Phi) is 8.56. The van der Waals surface area contributed by atoms with Crippen molar-refractivity contribution in [1.82, 2.24) is 0 Å². The van der Waals surface area contributed by atoms with Crippen LogP contribution in [-0.4, -0.2) is 5.91 Å². The van der Waals surface area contributed by atoms with E-state index in [2.05, 4.69) is 48.3 Å². The van der Waals surface area contributed by atoms with Gasteiger partial charge in [-0.15, -0.1) is 0 Å². The third-order valence-electron chi connectivity index (χ3n) is 3.71. The van der Waals surface area contributed by atoms with E-state index in [4.69, 9.17) is 0 Å². The molecule has 0 aliphatic rings. The molecule has 0 saturated heterocycles. The van der Waals surface area contributed by atoms with Crippen LogP contribution in [-0.2, 0) is 11.3 Å². The molecule has 0 saturated carbocycles. The number of carbonyl (C=O) groups excluding carboxylic acids is 1. The van der Waals surface area contributed by atoms with E-state index in [0.717, 1.165) is 25.1 Å². The number of hydrogen-bond acceptors (Lipinski definition) is 1. The molecule has 0 unspecified atom stereocenters. The number of aryl methyl sites for hydroxylation is 1. The lowest BCUT2D eigenvalue weighted by Crippen LogP contribution is -3.00. The monoisotopic (exact) mass is 376 g/mol. The number of nitrogens with zero attached hydrogens (tertiary/aromatic N) is 1. The maximum absolute atomic E-state index is 11.9. The number of hydrogen-bond donors (Lipinski definition) is 1. The molecule has 0 aliphatic heterocycles. The summed E-state index contributed by atoms with van der Waals surface area (Å²) in [5, 5.41) is 2.96. The second-order valence-corrected chi connectivity index (χ2v) is 5.90. The Labute approximate surface area is 149 Å². The molecule has 1 N–H and O–H groups in total. The lowest BCUT2D eigenvalue weighted by molar-refractivity contribution is -0.697. The van der Waals surface area contributed by atoms with Crippen molar-refractivity contribution in [2.24, 2.45) is 0 Å². The molecule has 0 radical (unpaired) electrons. The van der Waals surface area contributed by atoms with Gasteiger partial charge in [-0.2, -0.15) is 0 Å². The van der Waals surface area contributed by atoms with E-state index >= 15 is 0 Å². The fraction of sp³-hybridized carbons (Fsp3) is 0.368. The van der Waals surface area contributed by atoms with Crippen molar-refractivity contribution in [2.75, 3.05) is 5.32 Å². The summed E-state index contributed by atoms with van der Waals surface area (Å²) in [4.78, 5) is 11.9. The van der Waals surface area contributed by atoms with Crippen LogP contribution in [0.1, 0.15) is 44.6 Å². The number of nitrogens with one attached hydrogen (secondary N) is 1. The molecule has 0 atom stereocenters. The van der Waals surface area contributed by atoms with Gasteiger partial charge in [0, 0.05) is 30.7 Å². The summed E-state index contributed by atoms with van der Waals surface area (Å²) in [6.07, 6.45) is 6.58. The zero-order valence-corrected chi connectivity index (χ0v) is 15.4. The molecule has 4 heteroatoms. The summed E-state index contributed by atoms with van der Waals surface area (Å²) in [5.74, 6) is 0.607. The molecule has 2 rings (SSSR count). The molecule has 0 spiro atoms. The van der Waals surface area contributed by atoms with E-state index in [0.29, 0.717) is 12.3 Å². The second kappa shape index (κ2) is 10.2. The standard InChI is InChI=1S/C19H24N2O.BrH/c1-16(2)17-9-11-18(12-10-17)20-19(22)8-4-7-15-21-13-5-3-6-14-21;/h3,5-6,9-14,16H,4,7-8,15H2,1-2H3;1H. The number of rotatable bonds is 7. The van der Waals surface area contributed by atoms with E-state index in [1.807, 2.05) is 30.3 Å². The highest BCUT2D eigenvalue weighted by Crippen LogP contribution is 2.17. The van der Waals surface area contributed by atoms with Gasteiger partial charge < -0.3 is 22.3 Å². The highest BCUT2D eigenvalue weighted by atomic mass is 79.9. The highest BCUT2D eigenvalue weighted by Gasteiger charge is 2.05. The molecule has 23 heavy (non-hydrogen) atoms. The Morgan fingerprint density at radius 3 is 2.30 bits per heavy atom. The van der Waals surface area contributed by atoms with Crippen molar-refractivity contribution in [3.05, 3.63) is 60.4 Å². The lowest BCUT2D eigenvalue weighted by Gasteiger charge is -2.08. The van der Waals surface area contributed by atoms with Crippen molar-refractivity contribution < 1.29 is 26.3 Å². The van der Waals surface area contributed by atoms with E-state index in [1.165, 1.54) is 5.56 Å². The predicted molar refractivity (Wildman–Crippen MR) is 89.6 cm³/mol. The van der Waals surface area contributed by atoms with Crippen molar-refractivity contribution in [1.29, 1.82) is 0 Å². The van der Waals surface area contributed by atoms with Crippen LogP contribution < -0.4 is 26.9 Å². The largest absolute Gasteiger partial charge is 1.00 e. The zero-order chi connectivity index (χ0) is 15.8. The molecule has 1 aromatic carbocycles. The molecular formula is C19H25BrN2O. The number of amides is 1. The number of unbranched alkanes of at least 4 members (excludes halogenated alkanes) is 1. The molecular weight excluding hydrogens is 352 g/mol. The molecule has 3 nitrogen and oxygen atoms in total. The average Bonchev–Trinajstić information content (AvgIpc) is 2.53. The molecule has 2 aromatic rings. The Hall–Kier alpha value is -1.68. The Balaban J connectivity index is 0.00000264. The normalized spacial score (nSPS) is 10.2. The van der Waals surface area contributed by atoms with Crippen LogP contribution in [0.2, 0.25) is 0 Å². The molecule has 0 aliphatic carbocycles. The number of aromatic nitrogens is 1. The lowest BCUT2D eigenvalue weighted by atomic mass is 10.0. The molecule has 1 aromatic heterocycles. The van der Waals surface area contributed by atoms with E-state index in [-0.39, 0.29) is 22.9 Å². The van der Waals surface area contributed by atoms with Gasteiger partial charge in [0.25, 0.3) is 0 Å². The molecule has 0 fully saturated rings. The first-order valence-electron chi connectivity index (χ1n) is 7.99. The number of halogens is 1. The molecule has 0 bridgehead atoms. The quantitative estimate of drug-likeness (QED) is 0.565. The van der Waals surface area contributed by atoms with Gasteiger partial charge in [0.2, 0.25) is 5.91 Å². The topological polar surface area (TPSA) is 33.0 Å². The summed E-state index contributed by atoms with van der Waals surface area (Å²) in [6.45, 7) is 5.29. The first kappa shape index (κ1) is 19.4. The van der Waals surface area contributed by atoms with Gasteiger partial charge in [-0.25, -0.2) is 4.57 Å². The minimum absolute atomic E-state index is 0. The Bertz CT molecular complexity index is 582. The molecule has 1 amide bonds. The second-order valence-electron chi connectivity index (χ2n) is 5.90. The Morgan fingerprint density at radius 1 is 1.04 bits per heavy atom. The fourth-order valence-corrected chi connectivity index (χ4v) is 2.34. The van der Waals surface area contributed by atoms with Crippen LogP contribution >= 0.6 is 0 Å². The van der Waals surface area contributed by atoms with Crippen molar-refractivity contribution in [2.45, 2.75) is 45.6 Å². The van der Waals surface area contributed by atoms with Gasteiger partial charge in [0.1, 0.15) is 6.54 Å². The van der Waals surface area contributed by atoms with Crippen LogP contribution in [0, 0.1) is 0 Å². The van der Waals surface area contributed by atoms with E-state index in [1.54, 1.807) is 0 Å². The van der Waals surface area contributed by atoms with Crippen molar-refractivity contribution in [3.63, 3.8) is 0 Å². The van der Waals surface area contributed by atoms with E-state index < -0.39 is 0 Å². The van der Waals surface area contributed by atoms with Crippen LogP contribution in [0.25, 0.3) is 0 Å². The Morgan fingerprint density at radius 2 is 1.70 bits per heavy atom. The summed E-state index contributed by atoms with van der Waals surface area (Å²) in [7, 11) is 0. The third kappa shape index (κ3) is 6.95. The number of benzene rings is 1. The third-order valence-corrected chi connectivity index (χ3v) is 3.71. The van der Waals surface area contributed by atoms with Crippen LogP contribution in [0.5, 0.6) is 0 Å². The first-order valence-corrected chi connectivity index (χ1v) is 7.99. The molecule has 1 heterocycles. The van der Waals surface area contributed by atoms with Gasteiger partial charge in [-0.3, -0.25) is 4.79 Å². The van der Waals surface area contributed by atoms with Gasteiger partial charge >= 0.3 is 0 Å². The van der Waals surface area contributed by atoms with Gasteiger partial charge in [0.15, 0.2) is 12.4 Å². The maximum Gasteiger partial charge on any atom is 0.224 e. The average molecular weight is 377 g/mol. The van der Waals surface area contributed by atoms with Crippen LogP contribution in [0.4, 0.5) is 5.69 Å². The van der Waals surface area contributed by atoms with Gasteiger partial charge in [0.05, 0.1) is 0 Å². The predicted octanol–water partition coefficient (Wildman–Crippen LogP) is 0.911. The summed E-state index contributed by atoms with van der Waals surface area (Å²) >= 11 is 0. The van der Waals surface area contributed by atoms with E-state index in [9.17, 15) is 4.79 Å². The highest BCUT2D eigenvalue weighted by molar-refractivity contribution is 5.90. The fourth-order valence-electron chi connectivity index (χ4n) is 2.34. The number of pyridine rings is 1. The summed E-state index contributed by atoms with van der Waals surface area (Å²) in [5.41, 5.74) is 2.17. The van der Waals surface area contributed by atoms with Gasteiger partial charge in [-0.1, -0.05) is 32.0 Å². The number of anilines is 1. The van der Waals surface area contributed by atoms with Crippen molar-refractivity contribution >= 4 is 11.6 Å². The summed E-state index contributed by atoms with van der Waals surface area (Å²) < 4.78 is 2.14. The minimum Gasteiger partial charge on any atom is -1.00 e. The molecule has 124 valence electrons. The summed E-state index contributed by atoms with van der Waals surface area (Å²) in [6, 6.07) is 14.2. The van der Waals surface area contributed by atoms with Crippen molar-refractivity contribution in [3.8, 4) is 0 Å². The zero-order valence-electron chi connectivity index (χ0n) is 13.8. The van der Waals surface area contributed by atoms with Gasteiger partial charge in [-0.05, 0) is 30.0 Å². The maximum atomic E-state index is 11.9.